The number of amides is 1. The molecule has 2 saturated heterocycles. The molecule has 1 amide bonds. The first-order chi connectivity index (χ1) is 18.1. The molecule has 0 radical (unpaired) electrons. The molecule has 196 valence electrons. The Bertz CT molecular complexity index is 1190. The maximum Gasteiger partial charge on any atom is 0.227 e. The van der Waals surface area contributed by atoms with E-state index in [0.717, 1.165) is 79.3 Å². The van der Waals surface area contributed by atoms with E-state index in [1.54, 1.807) is 7.11 Å². The van der Waals surface area contributed by atoms with Crippen molar-refractivity contribution in [1.29, 1.82) is 0 Å². The molecule has 1 atom stereocenters. The summed E-state index contributed by atoms with van der Waals surface area (Å²) in [6.07, 6.45) is 2.59. The molecular formula is C28H35N5O3S. The van der Waals surface area contributed by atoms with Crippen LogP contribution in [-0.4, -0.2) is 73.1 Å². The van der Waals surface area contributed by atoms with Gasteiger partial charge in [-0.2, -0.15) is 4.37 Å². The fourth-order valence-corrected chi connectivity index (χ4v) is 5.90. The second-order valence-corrected chi connectivity index (χ2v) is 10.3. The highest BCUT2D eigenvalue weighted by Crippen LogP contribution is 2.30. The average molecular weight is 522 g/mol. The molecule has 0 N–H and O–H groups in total. The third-order valence-electron chi connectivity index (χ3n) is 7.09. The quantitative estimate of drug-likeness (QED) is 0.442. The van der Waals surface area contributed by atoms with Crippen LogP contribution in [0.5, 0.6) is 11.5 Å². The second-order valence-electron chi connectivity index (χ2n) is 9.52. The van der Waals surface area contributed by atoms with Gasteiger partial charge in [-0.3, -0.25) is 4.79 Å². The van der Waals surface area contributed by atoms with Crippen molar-refractivity contribution >= 4 is 28.3 Å². The van der Waals surface area contributed by atoms with E-state index < -0.39 is 0 Å². The van der Waals surface area contributed by atoms with Crippen molar-refractivity contribution < 1.29 is 14.3 Å². The Morgan fingerprint density at radius 1 is 1.05 bits per heavy atom. The number of ether oxygens (including phenoxy) is 2. The van der Waals surface area contributed by atoms with Crippen molar-refractivity contribution in [2.75, 3.05) is 62.8 Å². The molecule has 5 rings (SSSR count). The number of carbonyl (C=O) groups is 1. The number of rotatable bonds is 8. The molecule has 2 aliphatic rings. The van der Waals surface area contributed by atoms with Gasteiger partial charge in [0, 0.05) is 57.2 Å². The zero-order valence-electron chi connectivity index (χ0n) is 21.6. The van der Waals surface area contributed by atoms with E-state index in [0.29, 0.717) is 19.6 Å². The lowest BCUT2D eigenvalue weighted by Crippen LogP contribution is -2.52. The minimum absolute atomic E-state index is 0.00162. The van der Waals surface area contributed by atoms with Gasteiger partial charge in [0.15, 0.2) is 0 Å². The monoisotopic (exact) mass is 521 g/mol. The topological polar surface area (TPSA) is 71.0 Å². The number of anilines is 2. The van der Waals surface area contributed by atoms with Crippen molar-refractivity contribution in [3.8, 4) is 11.5 Å². The van der Waals surface area contributed by atoms with E-state index in [1.165, 1.54) is 11.5 Å². The summed E-state index contributed by atoms with van der Waals surface area (Å²) >= 11 is 1.43. The number of carbonyl (C=O) groups excluding carboxylic acids is 1. The highest BCUT2D eigenvalue weighted by molar-refractivity contribution is 7.09. The maximum atomic E-state index is 13.5. The Morgan fingerprint density at radius 3 is 2.70 bits per heavy atom. The molecule has 0 bridgehead atoms. The largest absolute Gasteiger partial charge is 0.497 e. The van der Waals surface area contributed by atoms with Crippen LogP contribution >= 0.6 is 11.5 Å². The lowest BCUT2D eigenvalue weighted by Gasteiger charge is -2.40. The number of hydrogen-bond acceptors (Lipinski definition) is 8. The molecule has 1 aromatic heterocycles. The molecule has 2 aliphatic heterocycles. The Kier molecular flexibility index (Phi) is 8.08. The van der Waals surface area contributed by atoms with Crippen LogP contribution in [0.2, 0.25) is 0 Å². The van der Waals surface area contributed by atoms with Gasteiger partial charge in [-0.1, -0.05) is 24.3 Å². The standard InChI is InChI=1S/C28H35N5O3S/c1-3-36-25-12-5-4-11-24(25)31-14-16-32(17-15-31)27(34)22-9-7-13-33(20-22)28-29-26(30-37-28)19-21-8-6-10-23(18-21)35-2/h4-6,8,10-12,18,22H,3,7,9,13-17,19-20H2,1-2H3. The van der Waals surface area contributed by atoms with Crippen molar-refractivity contribution in [3.63, 3.8) is 0 Å². The fraction of sp³-hybridized carbons (Fsp3) is 0.464. The van der Waals surface area contributed by atoms with Crippen LogP contribution in [0.25, 0.3) is 0 Å². The summed E-state index contributed by atoms with van der Waals surface area (Å²) in [4.78, 5) is 24.9. The molecule has 8 nitrogen and oxygen atoms in total. The molecule has 9 heteroatoms. The van der Waals surface area contributed by atoms with E-state index in [2.05, 4.69) is 26.3 Å². The first kappa shape index (κ1) is 25.3. The minimum atomic E-state index is 0.00162. The van der Waals surface area contributed by atoms with Gasteiger partial charge in [0.2, 0.25) is 11.0 Å². The number of hydrogen-bond donors (Lipinski definition) is 0. The van der Waals surface area contributed by atoms with E-state index in [1.807, 2.05) is 48.2 Å². The second kappa shape index (κ2) is 11.8. The van der Waals surface area contributed by atoms with Crippen LogP contribution in [0.3, 0.4) is 0 Å². The van der Waals surface area contributed by atoms with Crippen LogP contribution < -0.4 is 19.3 Å². The molecule has 0 aliphatic carbocycles. The lowest BCUT2D eigenvalue weighted by atomic mass is 9.96. The molecule has 3 heterocycles. The highest BCUT2D eigenvalue weighted by Gasteiger charge is 2.32. The van der Waals surface area contributed by atoms with Crippen LogP contribution in [0.4, 0.5) is 10.8 Å². The number of nitrogens with zero attached hydrogens (tertiary/aromatic N) is 5. The van der Waals surface area contributed by atoms with Gasteiger partial charge in [0.25, 0.3) is 0 Å². The third kappa shape index (κ3) is 5.98. The van der Waals surface area contributed by atoms with Gasteiger partial charge in [-0.15, -0.1) is 0 Å². The summed E-state index contributed by atoms with van der Waals surface area (Å²) in [5.41, 5.74) is 2.24. The average Bonchev–Trinajstić information content (AvgIpc) is 3.42. The van der Waals surface area contributed by atoms with Crippen molar-refractivity contribution in [2.24, 2.45) is 5.92 Å². The minimum Gasteiger partial charge on any atom is -0.497 e. The van der Waals surface area contributed by atoms with Gasteiger partial charge >= 0.3 is 0 Å². The summed E-state index contributed by atoms with van der Waals surface area (Å²) in [5, 5.41) is 0.910. The molecular weight excluding hydrogens is 486 g/mol. The Morgan fingerprint density at radius 2 is 1.89 bits per heavy atom. The fourth-order valence-electron chi connectivity index (χ4n) is 5.18. The van der Waals surface area contributed by atoms with Crippen LogP contribution in [0.15, 0.2) is 48.5 Å². The summed E-state index contributed by atoms with van der Waals surface area (Å²) in [7, 11) is 1.67. The number of piperazine rings is 1. The van der Waals surface area contributed by atoms with Gasteiger partial charge < -0.3 is 24.2 Å². The summed E-state index contributed by atoms with van der Waals surface area (Å²) in [5.74, 6) is 2.83. The van der Waals surface area contributed by atoms with Gasteiger partial charge in [-0.25, -0.2) is 4.98 Å². The van der Waals surface area contributed by atoms with Crippen molar-refractivity contribution in [1.82, 2.24) is 14.3 Å². The van der Waals surface area contributed by atoms with Crippen LogP contribution in [-0.2, 0) is 11.2 Å². The molecule has 0 saturated carbocycles. The maximum absolute atomic E-state index is 13.5. The van der Waals surface area contributed by atoms with Crippen LogP contribution in [0.1, 0.15) is 31.2 Å². The normalized spacial score (nSPS) is 18.1. The van der Waals surface area contributed by atoms with E-state index >= 15 is 0 Å². The Hall–Kier alpha value is -3.33. The van der Waals surface area contributed by atoms with E-state index in [-0.39, 0.29) is 11.8 Å². The third-order valence-corrected chi connectivity index (χ3v) is 7.91. The molecule has 3 aromatic rings. The molecule has 1 unspecified atom stereocenters. The Balaban J connectivity index is 1.17. The summed E-state index contributed by atoms with van der Waals surface area (Å²) < 4.78 is 15.7. The zero-order chi connectivity index (χ0) is 25.6. The van der Waals surface area contributed by atoms with Crippen molar-refractivity contribution in [3.05, 3.63) is 59.9 Å². The van der Waals surface area contributed by atoms with Crippen molar-refractivity contribution in [2.45, 2.75) is 26.2 Å². The molecule has 0 spiro atoms. The number of benzene rings is 2. The molecule has 2 fully saturated rings. The number of para-hydroxylation sites is 2. The number of methoxy groups -OCH3 is 1. The number of aromatic nitrogens is 2. The first-order valence-corrected chi connectivity index (χ1v) is 13.9. The smallest absolute Gasteiger partial charge is 0.227 e. The van der Waals surface area contributed by atoms with Gasteiger partial charge in [-0.05, 0) is 49.6 Å². The molecule has 37 heavy (non-hydrogen) atoms. The summed E-state index contributed by atoms with van der Waals surface area (Å²) in [6, 6.07) is 16.2. The SMILES string of the molecule is CCOc1ccccc1N1CCN(C(=O)C2CCCN(c3nc(Cc4cccc(OC)c4)ns3)C2)CC1. The first-order valence-electron chi connectivity index (χ1n) is 13.1. The summed E-state index contributed by atoms with van der Waals surface area (Å²) in [6.45, 7) is 7.37. The highest BCUT2D eigenvalue weighted by atomic mass is 32.1. The lowest BCUT2D eigenvalue weighted by molar-refractivity contribution is -0.136. The van der Waals surface area contributed by atoms with Crippen LogP contribution in [0, 0.1) is 5.92 Å². The van der Waals surface area contributed by atoms with E-state index in [4.69, 9.17) is 14.5 Å². The zero-order valence-corrected chi connectivity index (χ0v) is 22.5. The Labute approximate surface area is 223 Å². The predicted octanol–water partition coefficient (Wildman–Crippen LogP) is 4.10. The van der Waals surface area contributed by atoms with E-state index in [9.17, 15) is 4.79 Å². The van der Waals surface area contributed by atoms with Gasteiger partial charge in [0.05, 0.1) is 25.3 Å². The molecule has 2 aromatic carbocycles. The predicted molar refractivity (Wildman–Crippen MR) is 147 cm³/mol. The van der Waals surface area contributed by atoms with Gasteiger partial charge in [0.1, 0.15) is 17.3 Å². The number of piperidine rings is 1.